The summed E-state index contributed by atoms with van der Waals surface area (Å²) in [5.74, 6) is -0.996. The van der Waals surface area contributed by atoms with Crippen molar-refractivity contribution in [2.45, 2.75) is 13.0 Å². The standard InChI is InChI=1S/C10H12BrFN2O.ClH/c1-6(5-13)14-10(15)8-3-2-7(11)4-9(8)12;/h2-4,6H,5,13H2,1H3,(H,14,15);1H/t6-;/m0./s1. The normalized spacial score (nSPS) is 11.5. The molecule has 0 aliphatic heterocycles. The van der Waals surface area contributed by atoms with Gasteiger partial charge in [-0.2, -0.15) is 0 Å². The number of hydrogen-bond donors (Lipinski definition) is 2. The summed E-state index contributed by atoms with van der Waals surface area (Å²) in [6.45, 7) is 2.08. The van der Waals surface area contributed by atoms with Crippen molar-refractivity contribution in [3.05, 3.63) is 34.1 Å². The van der Waals surface area contributed by atoms with E-state index in [1.54, 1.807) is 13.0 Å². The largest absolute Gasteiger partial charge is 0.348 e. The highest BCUT2D eigenvalue weighted by molar-refractivity contribution is 9.10. The molecule has 3 nitrogen and oxygen atoms in total. The number of halogens is 3. The van der Waals surface area contributed by atoms with Gasteiger partial charge >= 0.3 is 0 Å². The van der Waals surface area contributed by atoms with E-state index in [9.17, 15) is 9.18 Å². The molecule has 0 saturated carbocycles. The highest BCUT2D eigenvalue weighted by atomic mass is 79.9. The van der Waals surface area contributed by atoms with Crippen LogP contribution in [0, 0.1) is 5.82 Å². The second-order valence-corrected chi connectivity index (χ2v) is 4.15. The van der Waals surface area contributed by atoms with Crippen LogP contribution in [0.2, 0.25) is 0 Å². The van der Waals surface area contributed by atoms with Crippen molar-refractivity contribution in [1.29, 1.82) is 0 Å². The van der Waals surface area contributed by atoms with Crippen LogP contribution < -0.4 is 11.1 Å². The number of amides is 1. The number of benzene rings is 1. The molecule has 1 amide bonds. The first kappa shape index (κ1) is 15.3. The first-order valence-corrected chi connectivity index (χ1v) is 5.30. The van der Waals surface area contributed by atoms with Crippen LogP contribution in [-0.4, -0.2) is 18.5 Å². The Morgan fingerprint density at radius 3 is 2.75 bits per heavy atom. The summed E-state index contributed by atoms with van der Waals surface area (Å²) in [4.78, 5) is 11.5. The Balaban J connectivity index is 0.00000225. The lowest BCUT2D eigenvalue weighted by Crippen LogP contribution is -2.38. The summed E-state index contributed by atoms with van der Waals surface area (Å²) in [6.07, 6.45) is 0. The Bertz CT molecular complexity index is 376. The zero-order chi connectivity index (χ0) is 11.4. The molecule has 90 valence electrons. The van der Waals surface area contributed by atoms with Crippen molar-refractivity contribution in [2.24, 2.45) is 5.73 Å². The first-order chi connectivity index (χ1) is 7.04. The molecule has 0 heterocycles. The quantitative estimate of drug-likeness (QED) is 0.898. The minimum absolute atomic E-state index is 0. The molecule has 0 saturated heterocycles. The summed E-state index contributed by atoms with van der Waals surface area (Å²) in [7, 11) is 0. The van der Waals surface area contributed by atoms with E-state index in [-0.39, 0.29) is 24.0 Å². The Hall–Kier alpha value is -0.650. The van der Waals surface area contributed by atoms with Crippen LogP contribution in [-0.2, 0) is 0 Å². The number of carbonyl (C=O) groups is 1. The van der Waals surface area contributed by atoms with E-state index < -0.39 is 11.7 Å². The molecule has 3 N–H and O–H groups in total. The van der Waals surface area contributed by atoms with Crippen LogP contribution in [0.5, 0.6) is 0 Å². The molecule has 1 atom stereocenters. The lowest BCUT2D eigenvalue weighted by atomic mass is 10.2. The fourth-order valence-electron chi connectivity index (χ4n) is 1.03. The Morgan fingerprint density at radius 2 is 2.25 bits per heavy atom. The first-order valence-electron chi connectivity index (χ1n) is 4.50. The SMILES string of the molecule is C[C@@H](CN)NC(=O)c1ccc(Br)cc1F.Cl. The molecule has 6 heteroatoms. The van der Waals surface area contributed by atoms with Crippen molar-refractivity contribution >= 4 is 34.2 Å². The molecule has 0 aromatic heterocycles. The molecule has 0 aliphatic rings. The number of nitrogens with one attached hydrogen (secondary N) is 1. The maximum Gasteiger partial charge on any atom is 0.254 e. The van der Waals surface area contributed by atoms with Gasteiger partial charge < -0.3 is 11.1 Å². The summed E-state index contributed by atoms with van der Waals surface area (Å²) < 4.78 is 13.9. The predicted octanol–water partition coefficient (Wildman–Crippen LogP) is 2.09. The van der Waals surface area contributed by atoms with Crippen LogP contribution in [0.3, 0.4) is 0 Å². The molecule has 1 aromatic rings. The van der Waals surface area contributed by atoms with Gasteiger partial charge in [0.05, 0.1) is 5.56 Å². The average Bonchev–Trinajstić information content (AvgIpc) is 2.17. The fraction of sp³-hybridized carbons (Fsp3) is 0.300. The van der Waals surface area contributed by atoms with E-state index in [0.29, 0.717) is 11.0 Å². The average molecular weight is 312 g/mol. The van der Waals surface area contributed by atoms with E-state index >= 15 is 0 Å². The van der Waals surface area contributed by atoms with Gasteiger partial charge in [-0.3, -0.25) is 4.79 Å². The van der Waals surface area contributed by atoms with E-state index in [4.69, 9.17) is 5.73 Å². The molecular weight excluding hydrogens is 298 g/mol. The zero-order valence-electron chi connectivity index (χ0n) is 8.67. The van der Waals surface area contributed by atoms with Crippen molar-refractivity contribution < 1.29 is 9.18 Å². The van der Waals surface area contributed by atoms with Gasteiger partial charge in [-0.05, 0) is 25.1 Å². The smallest absolute Gasteiger partial charge is 0.254 e. The maximum absolute atomic E-state index is 13.3. The van der Waals surface area contributed by atoms with Crippen molar-refractivity contribution in [2.75, 3.05) is 6.54 Å². The highest BCUT2D eigenvalue weighted by Crippen LogP contribution is 2.15. The van der Waals surface area contributed by atoms with Crippen molar-refractivity contribution in [1.82, 2.24) is 5.32 Å². The second kappa shape index (κ2) is 6.83. The summed E-state index contributed by atoms with van der Waals surface area (Å²) in [5.41, 5.74) is 5.37. The summed E-state index contributed by atoms with van der Waals surface area (Å²) in [6, 6.07) is 4.13. The van der Waals surface area contributed by atoms with Crippen molar-refractivity contribution in [3.8, 4) is 0 Å². The highest BCUT2D eigenvalue weighted by Gasteiger charge is 2.13. The maximum atomic E-state index is 13.3. The molecule has 1 rings (SSSR count). The van der Waals surface area contributed by atoms with Gasteiger partial charge in [0.2, 0.25) is 0 Å². The molecular formula is C10H13BrClFN2O. The van der Waals surface area contributed by atoms with Gasteiger partial charge in [0.25, 0.3) is 5.91 Å². The summed E-state index contributed by atoms with van der Waals surface area (Å²) in [5, 5.41) is 2.59. The van der Waals surface area contributed by atoms with Crippen LogP contribution in [0.15, 0.2) is 22.7 Å². The third-order valence-electron chi connectivity index (χ3n) is 1.91. The van der Waals surface area contributed by atoms with Gasteiger partial charge in [-0.25, -0.2) is 4.39 Å². The van der Waals surface area contributed by atoms with Crippen LogP contribution in [0.1, 0.15) is 17.3 Å². The number of carbonyl (C=O) groups excluding carboxylic acids is 1. The molecule has 0 fully saturated rings. The lowest BCUT2D eigenvalue weighted by Gasteiger charge is -2.11. The number of rotatable bonds is 3. The molecule has 0 radical (unpaired) electrons. The van der Waals surface area contributed by atoms with Crippen LogP contribution in [0.4, 0.5) is 4.39 Å². The van der Waals surface area contributed by atoms with E-state index in [2.05, 4.69) is 21.2 Å². The molecule has 16 heavy (non-hydrogen) atoms. The van der Waals surface area contributed by atoms with Crippen LogP contribution in [0.25, 0.3) is 0 Å². The molecule has 1 aromatic carbocycles. The third-order valence-corrected chi connectivity index (χ3v) is 2.40. The number of nitrogens with two attached hydrogens (primary N) is 1. The van der Waals surface area contributed by atoms with E-state index in [1.807, 2.05) is 0 Å². The molecule has 0 aliphatic carbocycles. The van der Waals surface area contributed by atoms with Crippen LogP contribution >= 0.6 is 28.3 Å². The Kier molecular flexibility index (Phi) is 6.55. The van der Waals surface area contributed by atoms with Gasteiger partial charge in [-0.1, -0.05) is 15.9 Å². The van der Waals surface area contributed by atoms with E-state index in [0.717, 1.165) is 0 Å². The molecule has 0 bridgehead atoms. The molecule has 0 unspecified atom stereocenters. The zero-order valence-corrected chi connectivity index (χ0v) is 11.1. The van der Waals surface area contributed by atoms with Gasteiger partial charge in [0.15, 0.2) is 0 Å². The number of hydrogen-bond acceptors (Lipinski definition) is 2. The summed E-state index contributed by atoms with van der Waals surface area (Å²) >= 11 is 3.12. The Morgan fingerprint density at radius 1 is 1.62 bits per heavy atom. The molecule has 0 spiro atoms. The monoisotopic (exact) mass is 310 g/mol. The topological polar surface area (TPSA) is 55.1 Å². The second-order valence-electron chi connectivity index (χ2n) is 3.23. The fourth-order valence-corrected chi connectivity index (χ4v) is 1.37. The van der Waals surface area contributed by atoms with Gasteiger partial charge in [0.1, 0.15) is 5.82 Å². The third kappa shape index (κ3) is 4.08. The Labute approximate surface area is 108 Å². The lowest BCUT2D eigenvalue weighted by molar-refractivity contribution is 0.0937. The van der Waals surface area contributed by atoms with E-state index in [1.165, 1.54) is 12.1 Å². The van der Waals surface area contributed by atoms with Crippen molar-refractivity contribution in [3.63, 3.8) is 0 Å². The van der Waals surface area contributed by atoms with Gasteiger partial charge in [-0.15, -0.1) is 12.4 Å². The predicted molar refractivity (Wildman–Crippen MR) is 67.3 cm³/mol. The minimum Gasteiger partial charge on any atom is -0.348 e. The minimum atomic E-state index is -0.550. The van der Waals surface area contributed by atoms with Gasteiger partial charge in [0, 0.05) is 17.1 Å².